The van der Waals surface area contributed by atoms with E-state index in [1.54, 1.807) is 31.4 Å². The topological polar surface area (TPSA) is 96.5 Å². The molecule has 1 aliphatic rings. The van der Waals surface area contributed by atoms with E-state index < -0.39 is 15.6 Å². The van der Waals surface area contributed by atoms with Crippen molar-refractivity contribution in [2.75, 3.05) is 36.0 Å². The number of piperidine rings is 1. The first-order valence-corrected chi connectivity index (χ1v) is 10.2. The normalized spacial score (nSPS) is 17.0. The Morgan fingerprint density at radius 3 is 2.36 bits per heavy atom. The SMILES string of the molecule is CCCCS(=O)(=O)Nc1ccc(NC(=O)C2(OC)CCNCC2)cc1. The van der Waals surface area contributed by atoms with Crippen LogP contribution in [0.5, 0.6) is 0 Å². The lowest BCUT2D eigenvalue weighted by Gasteiger charge is -2.34. The molecule has 1 aromatic rings. The number of rotatable bonds is 8. The Hall–Kier alpha value is -1.64. The lowest BCUT2D eigenvalue weighted by molar-refractivity contribution is -0.140. The summed E-state index contributed by atoms with van der Waals surface area (Å²) in [6, 6.07) is 6.64. The largest absolute Gasteiger partial charge is 0.368 e. The first-order chi connectivity index (χ1) is 11.9. The van der Waals surface area contributed by atoms with Crippen LogP contribution in [0.1, 0.15) is 32.6 Å². The summed E-state index contributed by atoms with van der Waals surface area (Å²) < 4.78 is 31.8. The van der Waals surface area contributed by atoms with Gasteiger partial charge in [-0.3, -0.25) is 9.52 Å². The minimum absolute atomic E-state index is 0.104. The van der Waals surface area contributed by atoms with Gasteiger partial charge in [0.15, 0.2) is 0 Å². The highest BCUT2D eigenvalue weighted by Gasteiger charge is 2.39. The minimum Gasteiger partial charge on any atom is -0.368 e. The maximum atomic E-state index is 12.6. The summed E-state index contributed by atoms with van der Waals surface area (Å²) in [5.41, 5.74) is 0.278. The van der Waals surface area contributed by atoms with E-state index in [1.807, 2.05) is 6.92 Å². The van der Waals surface area contributed by atoms with Gasteiger partial charge in [-0.05, 0) is 56.6 Å². The molecule has 1 heterocycles. The summed E-state index contributed by atoms with van der Waals surface area (Å²) >= 11 is 0. The monoisotopic (exact) mass is 369 g/mol. The molecule has 1 aromatic carbocycles. The molecule has 0 aromatic heterocycles. The van der Waals surface area contributed by atoms with Gasteiger partial charge in [0.2, 0.25) is 10.0 Å². The predicted molar refractivity (Wildman–Crippen MR) is 99.2 cm³/mol. The maximum Gasteiger partial charge on any atom is 0.256 e. The van der Waals surface area contributed by atoms with Gasteiger partial charge in [0.25, 0.3) is 5.91 Å². The van der Waals surface area contributed by atoms with Crippen molar-refractivity contribution in [3.63, 3.8) is 0 Å². The first-order valence-electron chi connectivity index (χ1n) is 8.59. The van der Waals surface area contributed by atoms with Gasteiger partial charge in [0.1, 0.15) is 5.60 Å². The molecule has 2 rings (SSSR count). The number of benzene rings is 1. The predicted octanol–water partition coefficient (Wildman–Crippen LogP) is 1.94. The van der Waals surface area contributed by atoms with Crippen molar-refractivity contribution in [1.29, 1.82) is 0 Å². The van der Waals surface area contributed by atoms with Crippen molar-refractivity contribution < 1.29 is 17.9 Å². The Morgan fingerprint density at radius 2 is 1.80 bits per heavy atom. The van der Waals surface area contributed by atoms with Gasteiger partial charge in [-0.25, -0.2) is 8.42 Å². The Labute approximate surface area is 149 Å². The van der Waals surface area contributed by atoms with Gasteiger partial charge in [0, 0.05) is 18.5 Å². The van der Waals surface area contributed by atoms with E-state index in [0.717, 1.165) is 19.5 Å². The average molecular weight is 369 g/mol. The molecule has 0 radical (unpaired) electrons. The van der Waals surface area contributed by atoms with E-state index in [-0.39, 0.29) is 11.7 Å². The van der Waals surface area contributed by atoms with Crippen molar-refractivity contribution in [3.8, 4) is 0 Å². The summed E-state index contributed by atoms with van der Waals surface area (Å²) in [5, 5.41) is 6.07. The number of carbonyl (C=O) groups is 1. The molecule has 1 amide bonds. The van der Waals surface area contributed by atoms with Crippen LogP contribution < -0.4 is 15.4 Å². The number of hydrogen-bond donors (Lipinski definition) is 3. The Kier molecular flexibility index (Phi) is 6.80. The number of sulfonamides is 1. The molecular weight excluding hydrogens is 342 g/mol. The van der Waals surface area contributed by atoms with Crippen LogP contribution in [0.15, 0.2) is 24.3 Å². The second-order valence-electron chi connectivity index (χ2n) is 6.25. The van der Waals surface area contributed by atoms with Gasteiger partial charge in [-0.15, -0.1) is 0 Å². The van der Waals surface area contributed by atoms with Crippen LogP contribution in [-0.4, -0.2) is 45.9 Å². The van der Waals surface area contributed by atoms with Crippen LogP contribution in [0.4, 0.5) is 11.4 Å². The molecule has 0 atom stereocenters. The van der Waals surface area contributed by atoms with Crippen molar-refractivity contribution in [2.45, 2.75) is 38.2 Å². The zero-order valence-electron chi connectivity index (χ0n) is 14.8. The third kappa shape index (κ3) is 5.42. The molecular formula is C17H27N3O4S. The number of amides is 1. The minimum atomic E-state index is -3.33. The number of hydrogen-bond acceptors (Lipinski definition) is 5. The van der Waals surface area contributed by atoms with Crippen molar-refractivity contribution in [3.05, 3.63) is 24.3 Å². The summed E-state index contributed by atoms with van der Waals surface area (Å²) in [6.07, 6.45) is 2.68. The molecule has 25 heavy (non-hydrogen) atoms. The van der Waals surface area contributed by atoms with E-state index >= 15 is 0 Å². The number of ether oxygens (including phenoxy) is 1. The van der Waals surface area contributed by atoms with Gasteiger partial charge in [-0.2, -0.15) is 0 Å². The van der Waals surface area contributed by atoms with E-state index in [0.29, 0.717) is 30.6 Å². The molecule has 0 aliphatic carbocycles. The van der Waals surface area contributed by atoms with Crippen LogP contribution >= 0.6 is 0 Å². The van der Waals surface area contributed by atoms with Gasteiger partial charge < -0.3 is 15.4 Å². The molecule has 0 saturated carbocycles. The smallest absolute Gasteiger partial charge is 0.256 e. The maximum absolute atomic E-state index is 12.6. The molecule has 8 heteroatoms. The number of anilines is 2. The zero-order chi connectivity index (χ0) is 18.3. The summed E-state index contributed by atoms with van der Waals surface area (Å²) in [6.45, 7) is 3.42. The summed E-state index contributed by atoms with van der Waals surface area (Å²) in [5.74, 6) is -0.0698. The molecule has 140 valence electrons. The zero-order valence-corrected chi connectivity index (χ0v) is 15.6. The molecule has 0 unspecified atom stereocenters. The van der Waals surface area contributed by atoms with Gasteiger partial charge >= 0.3 is 0 Å². The van der Waals surface area contributed by atoms with Crippen LogP contribution in [-0.2, 0) is 19.6 Å². The fourth-order valence-electron chi connectivity index (χ4n) is 2.79. The lowest BCUT2D eigenvalue weighted by atomic mass is 9.91. The van der Waals surface area contributed by atoms with Gasteiger partial charge in [0.05, 0.1) is 5.75 Å². The van der Waals surface area contributed by atoms with E-state index in [2.05, 4.69) is 15.4 Å². The number of unbranched alkanes of at least 4 members (excludes halogenated alkanes) is 1. The summed E-state index contributed by atoms with van der Waals surface area (Å²) in [4.78, 5) is 12.6. The number of methoxy groups -OCH3 is 1. The Bertz CT molecular complexity index is 668. The Balaban J connectivity index is 1.99. The van der Waals surface area contributed by atoms with Crippen molar-refractivity contribution in [1.82, 2.24) is 5.32 Å². The van der Waals surface area contributed by atoms with E-state index in [1.165, 1.54) is 0 Å². The molecule has 1 aliphatic heterocycles. The highest BCUT2D eigenvalue weighted by molar-refractivity contribution is 7.92. The average Bonchev–Trinajstić information content (AvgIpc) is 2.62. The first kappa shape index (κ1) is 19.7. The molecule has 1 fully saturated rings. The number of nitrogens with one attached hydrogen (secondary N) is 3. The molecule has 7 nitrogen and oxygen atoms in total. The lowest BCUT2D eigenvalue weighted by Crippen LogP contribution is -2.51. The molecule has 3 N–H and O–H groups in total. The second-order valence-corrected chi connectivity index (χ2v) is 8.10. The van der Waals surface area contributed by atoms with E-state index in [4.69, 9.17) is 4.74 Å². The second kappa shape index (κ2) is 8.64. The fourth-order valence-corrected chi connectivity index (χ4v) is 4.05. The highest BCUT2D eigenvalue weighted by atomic mass is 32.2. The molecule has 1 saturated heterocycles. The Morgan fingerprint density at radius 1 is 1.20 bits per heavy atom. The standard InChI is InChI=1S/C17H27N3O4S/c1-3-4-13-25(22,23)20-15-7-5-14(6-8-15)19-16(21)17(24-2)9-11-18-12-10-17/h5-8,18,20H,3-4,9-13H2,1-2H3,(H,19,21). The van der Waals surface area contributed by atoms with Gasteiger partial charge in [-0.1, -0.05) is 13.3 Å². The highest BCUT2D eigenvalue weighted by Crippen LogP contribution is 2.25. The van der Waals surface area contributed by atoms with Crippen molar-refractivity contribution >= 4 is 27.3 Å². The third-order valence-electron chi connectivity index (χ3n) is 4.40. The quantitative estimate of drug-likeness (QED) is 0.651. The molecule has 0 spiro atoms. The third-order valence-corrected chi connectivity index (χ3v) is 5.77. The van der Waals surface area contributed by atoms with Crippen LogP contribution in [0.2, 0.25) is 0 Å². The molecule has 0 bridgehead atoms. The number of carbonyl (C=O) groups excluding carboxylic acids is 1. The van der Waals surface area contributed by atoms with E-state index in [9.17, 15) is 13.2 Å². The van der Waals surface area contributed by atoms with Crippen LogP contribution in [0.3, 0.4) is 0 Å². The summed E-state index contributed by atoms with van der Waals surface area (Å²) in [7, 11) is -1.77. The fraction of sp³-hybridized carbons (Fsp3) is 0.588. The van der Waals surface area contributed by atoms with Crippen molar-refractivity contribution in [2.24, 2.45) is 0 Å². The van der Waals surface area contributed by atoms with Crippen LogP contribution in [0.25, 0.3) is 0 Å². The van der Waals surface area contributed by atoms with Crippen LogP contribution in [0, 0.1) is 0 Å².